The average molecular weight is 311 g/mol. The number of allylic oxidation sites excluding steroid dienone is 2. The molecular formula is C20H25NO2. The van der Waals surface area contributed by atoms with Crippen molar-refractivity contribution in [2.75, 3.05) is 0 Å². The third-order valence-electron chi connectivity index (χ3n) is 4.84. The first-order valence-corrected chi connectivity index (χ1v) is 8.49. The Balaban J connectivity index is 1.88. The second kappa shape index (κ2) is 5.95. The topological polar surface area (TPSA) is 49.7 Å². The van der Waals surface area contributed by atoms with Gasteiger partial charge in [-0.1, -0.05) is 45.0 Å². The van der Waals surface area contributed by atoms with Crippen LogP contribution in [0.25, 0.3) is 0 Å². The van der Waals surface area contributed by atoms with E-state index in [-0.39, 0.29) is 23.0 Å². The molecule has 0 spiro atoms. The Hall–Kier alpha value is -1.90. The van der Waals surface area contributed by atoms with Gasteiger partial charge in [-0.3, -0.25) is 9.79 Å². The molecule has 0 saturated heterocycles. The normalized spacial score (nSPS) is 21.7. The van der Waals surface area contributed by atoms with Crippen molar-refractivity contribution in [3.05, 3.63) is 46.7 Å². The lowest BCUT2D eigenvalue weighted by Crippen LogP contribution is -2.29. The van der Waals surface area contributed by atoms with Crippen LogP contribution in [0.3, 0.4) is 0 Å². The summed E-state index contributed by atoms with van der Waals surface area (Å²) in [5, 5.41) is 10.4. The van der Waals surface area contributed by atoms with Crippen molar-refractivity contribution in [2.45, 2.75) is 58.9 Å². The molecule has 0 aliphatic heterocycles. The first kappa shape index (κ1) is 16.0. The fraction of sp³-hybridized carbons (Fsp3) is 0.500. The molecule has 0 atom stereocenters. The van der Waals surface area contributed by atoms with Crippen LogP contribution in [-0.2, 0) is 17.6 Å². The van der Waals surface area contributed by atoms with E-state index in [0.717, 1.165) is 18.6 Å². The summed E-state index contributed by atoms with van der Waals surface area (Å²) in [4.78, 5) is 17.4. The summed E-state index contributed by atoms with van der Waals surface area (Å²) < 4.78 is 0. The Kier molecular flexibility index (Phi) is 4.13. The maximum atomic E-state index is 12.5. The molecule has 3 heteroatoms. The number of Topliss-reactive ketones (excluding diaryl/α,β-unsaturated/α-hetero) is 1. The summed E-state index contributed by atoms with van der Waals surface area (Å²) in [5.74, 6) is 0.261. The maximum Gasteiger partial charge on any atom is 0.168 e. The molecule has 0 heterocycles. The zero-order valence-corrected chi connectivity index (χ0v) is 14.2. The molecular weight excluding hydrogens is 286 g/mol. The maximum absolute atomic E-state index is 12.5. The number of hydrogen-bond donors (Lipinski definition) is 1. The van der Waals surface area contributed by atoms with Crippen LogP contribution in [0.5, 0.6) is 0 Å². The Morgan fingerprint density at radius 1 is 1.22 bits per heavy atom. The molecule has 2 aliphatic carbocycles. The number of nitrogens with zero attached hydrogens (tertiary/aromatic N) is 1. The number of hydrogen-bond acceptors (Lipinski definition) is 3. The predicted octanol–water partition coefficient (Wildman–Crippen LogP) is 4.21. The van der Waals surface area contributed by atoms with E-state index in [4.69, 9.17) is 4.99 Å². The van der Waals surface area contributed by atoms with E-state index in [0.29, 0.717) is 24.8 Å². The highest BCUT2D eigenvalue weighted by Gasteiger charge is 2.35. The molecule has 0 bridgehead atoms. The number of aliphatic hydroxyl groups is 1. The van der Waals surface area contributed by atoms with Crippen LogP contribution in [0.1, 0.15) is 51.2 Å². The molecule has 0 unspecified atom stereocenters. The molecule has 0 saturated carbocycles. The van der Waals surface area contributed by atoms with Gasteiger partial charge < -0.3 is 5.11 Å². The summed E-state index contributed by atoms with van der Waals surface area (Å²) in [6.45, 7) is 6.05. The summed E-state index contributed by atoms with van der Waals surface area (Å²) in [7, 11) is 0. The van der Waals surface area contributed by atoms with Crippen molar-refractivity contribution >= 4 is 11.5 Å². The van der Waals surface area contributed by atoms with Crippen molar-refractivity contribution in [1.82, 2.24) is 0 Å². The third-order valence-corrected chi connectivity index (χ3v) is 4.84. The second-order valence-corrected chi connectivity index (χ2v) is 7.52. The minimum Gasteiger partial charge on any atom is -0.511 e. The van der Waals surface area contributed by atoms with Crippen molar-refractivity contribution in [3.63, 3.8) is 0 Å². The second-order valence-electron chi connectivity index (χ2n) is 7.52. The summed E-state index contributed by atoms with van der Waals surface area (Å²) in [6, 6.07) is 8.62. The molecule has 2 aliphatic rings. The number of ketones is 1. The van der Waals surface area contributed by atoms with Crippen molar-refractivity contribution in [3.8, 4) is 0 Å². The van der Waals surface area contributed by atoms with E-state index in [1.54, 1.807) is 0 Å². The van der Waals surface area contributed by atoms with Crippen LogP contribution in [0.4, 0.5) is 0 Å². The number of carbonyl (C=O) groups is 1. The van der Waals surface area contributed by atoms with Gasteiger partial charge in [0.15, 0.2) is 5.78 Å². The van der Waals surface area contributed by atoms with Crippen molar-refractivity contribution in [2.24, 2.45) is 10.4 Å². The fourth-order valence-corrected chi connectivity index (χ4v) is 3.80. The van der Waals surface area contributed by atoms with Crippen LogP contribution >= 0.6 is 0 Å². The van der Waals surface area contributed by atoms with Crippen LogP contribution in [-0.4, -0.2) is 22.6 Å². The first-order chi connectivity index (χ1) is 10.9. The zero-order chi connectivity index (χ0) is 16.6. The van der Waals surface area contributed by atoms with E-state index in [1.807, 2.05) is 20.8 Å². The Labute approximate surface area is 138 Å². The van der Waals surface area contributed by atoms with Gasteiger partial charge in [0.25, 0.3) is 0 Å². The quantitative estimate of drug-likeness (QED) is 0.850. The van der Waals surface area contributed by atoms with Crippen molar-refractivity contribution in [1.29, 1.82) is 0 Å². The Morgan fingerprint density at radius 3 is 2.35 bits per heavy atom. The van der Waals surface area contributed by atoms with Gasteiger partial charge in [-0.05, 0) is 35.8 Å². The van der Waals surface area contributed by atoms with Gasteiger partial charge >= 0.3 is 0 Å². The summed E-state index contributed by atoms with van der Waals surface area (Å²) >= 11 is 0. The van der Waals surface area contributed by atoms with E-state index >= 15 is 0 Å². The highest BCUT2D eigenvalue weighted by molar-refractivity contribution is 6.23. The Bertz CT molecular complexity index is 672. The largest absolute Gasteiger partial charge is 0.511 e. The molecule has 0 amide bonds. The van der Waals surface area contributed by atoms with Gasteiger partial charge in [0.1, 0.15) is 5.76 Å². The first-order valence-electron chi connectivity index (χ1n) is 8.49. The fourth-order valence-electron chi connectivity index (χ4n) is 3.80. The highest BCUT2D eigenvalue weighted by Crippen LogP contribution is 2.36. The van der Waals surface area contributed by atoms with Gasteiger partial charge in [0.2, 0.25) is 0 Å². The number of fused-ring (bicyclic) bond motifs is 1. The number of rotatable bonds is 3. The molecule has 122 valence electrons. The zero-order valence-electron chi connectivity index (χ0n) is 14.2. The molecule has 3 rings (SSSR count). The number of aliphatic hydroxyl groups excluding tert-OH is 1. The van der Waals surface area contributed by atoms with Gasteiger partial charge in [-0.15, -0.1) is 0 Å². The van der Waals surface area contributed by atoms with Gasteiger partial charge in [0.05, 0.1) is 11.6 Å². The molecule has 23 heavy (non-hydrogen) atoms. The minimum atomic E-state index is -0.160. The summed E-state index contributed by atoms with van der Waals surface area (Å²) in [5.41, 5.74) is 3.81. The molecule has 0 radical (unpaired) electrons. The number of carbonyl (C=O) groups excluding carboxylic acids is 1. The molecule has 1 aromatic carbocycles. The monoisotopic (exact) mass is 311 g/mol. The van der Waals surface area contributed by atoms with Gasteiger partial charge in [-0.2, -0.15) is 0 Å². The average Bonchev–Trinajstić information content (AvgIpc) is 2.86. The lowest BCUT2D eigenvalue weighted by molar-refractivity contribution is -0.117. The van der Waals surface area contributed by atoms with Crippen LogP contribution < -0.4 is 0 Å². The van der Waals surface area contributed by atoms with E-state index in [1.165, 1.54) is 11.1 Å². The lowest BCUT2D eigenvalue weighted by atomic mass is 9.75. The van der Waals surface area contributed by atoms with Crippen LogP contribution in [0.2, 0.25) is 0 Å². The van der Waals surface area contributed by atoms with Crippen LogP contribution in [0.15, 0.2) is 40.6 Å². The van der Waals surface area contributed by atoms with E-state index < -0.39 is 0 Å². The van der Waals surface area contributed by atoms with E-state index in [2.05, 4.69) is 24.3 Å². The molecule has 3 nitrogen and oxygen atoms in total. The SMILES string of the molecule is CCC(=NC1Cc2ccccc2C1)C1=C(O)CC(C)(C)CC1=O. The van der Waals surface area contributed by atoms with Crippen molar-refractivity contribution < 1.29 is 9.90 Å². The molecule has 1 aromatic rings. The number of aliphatic imine (C=N–C) groups is 1. The van der Waals surface area contributed by atoms with E-state index in [9.17, 15) is 9.90 Å². The third kappa shape index (κ3) is 3.24. The molecule has 0 aromatic heterocycles. The smallest absolute Gasteiger partial charge is 0.168 e. The van der Waals surface area contributed by atoms with Gasteiger partial charge in [0, 0.05) is 18.6 Å². The van der Waals surface area contributed by atoms with Crippen LogP contribution in [0, 0.1) is 5.41 Å². The Morgan fingerprint density at radius 2 is 1.83 bits per heavy atom. The number of benzene rings is 1. The van der Waals surface area contributed by atoms with Gasteiger partial charge in [-0.25, -0.2) is 0 Å². The summed E-state index contributed by atoms with van der Waals surface area (Å²) in [6.07, 6.45) is 3.56. The lowest BCUT2D eigenvalue weighted by Gasteiger charge is -2.30. The molecule has 1 N–H and O–H groups in total. The predicted molar refractivity (Wildman–Crippen MR) is 93.0 cm³/mol. The highest BCUT2D eigenvalue weighted by atomic mass is 16.3. The molecule has 0 fully saturated rings. The standard InChI is InChI=1S/C20H25NO2/c1-4-16(19-17(22)11-20(2,3)12-18(19)23)21-15-9-13-7-5-6-8-14(13)10-15/h5-8,15,22H,4,9-12H2,1-3H3. The minimum absolute atomic E-state index is 0.0369.